The number of hydrogen-bond donors (Lipinski definition) is 0. The van der Waals surface area contributed by atoms with E-state index in [0.29, 0.717) is 0 Å². The largest absolute Gasteiger partial charge is 0.497 e. The number of thioether (sulfide) groups is 1. The van der Waals surface area contributed by atoms with Crippen molar-refractivity contribution in [1.29, 1.82) is 0 Å². The Morgan fingerprint density at radius 2 is 1.67 bits per heavy atom. The van der Waals surface area contributed by atoms with Crippen molar-refractivity contribution in [2.45, 2.75) is 24.7 Å². The Morgan fingerprint density at radius 3 is 2.20 bits per heavy atom. The lowest BCUT2D eigenvalue weighted by Crippen LogP contribution is -2.23. The number of ether oxygens (including phenoxy) is 1. The van der Waals surface area contributed by atoms with E-state index in [1.165, 1.54) is 30.0 Å². The summed E-state index contributed by atoms with van der Waals surface area (Å²) in [5.74, 6) is 3.69. The predicted octanol–water partition coefficient (Wildman–Crippen LogP) is 4.97. The van der Waals surface area contributed by atoms with E-state index in [1.54, 1.807) is 18.9 Å². The first-order valence-electron chi connectivity index (χ1n) is 10.4. The molecule has 2 unspecified atom stereocenters. The lowest BCUT2D eigenvalue weighted by Gasteiger charge is -2.17. The van der Waals surface area contributed by atoms with E-state index in [2.05, 4.69) is 32.8 Å². The summed E-state index contributed by atoms with van der Waals surface area (Å²) in [5.41, 5.74) is 3.31. The fourth-order valence-electron chi connectivity index (χ4n) is 3.69. The van der Waals surface area contributed by atoms with Crippen molar-refractivity contribution in [3.63, 3.8) is 0 Å². The number of nitrogens with zero attached hydrogens (tertiary/aromatic N) is 4. The zero-order valence-electron chi connectivity index (χ0n) is 17.8. The van der Waals surface area contributed by atoms with Gasteiger partial charge in [0.05, 0.1) is 12.8 Å². The van der Waals surface area contributed by atoms with Gasteiger partial charge in [0.25, 0.3) is 0 Å². The van der Waals surface area contributed by atoms with Gasteiger partial charge in [0, 0.05) is 42.1 Å². The molecule has 0 amide bonds. The first-order valence-corrected chi connectivity index (χ1v) is 11.6. The van der Waals surface area contributed by atoms with E-state index in [-0.39, 0.29) is 0 Å². The molecule has 1 aliphatic heterocycles. The molecule has 3 aromatic rings. The molecule has 5 rings (SSSR count). The van der Waals surface area contributed by atoms with Gasteiger partial charge in [-0.1, -0.05) is 6.92 Å². The van der Waals surface area contributed by atoms with E-state index >= 15 is 0 Å². The van der Waals surface area contributed by atoms with Gasteiger partial charge in [-0.05, 0) is 72.9 Å². The highest BCUT2D eigenvalue weighted by Gasteiger charge is 2.45. The Bertz CT molecular complexity index is 889. The van der Waals surface area contributed by atoms with Gasteiger partial charge in [0.15, 0.2) is 0 Å². The maximum absolute atomic E-state index is 5.12. The predicted molar refractivity (Wildman–Crippen MR) is 123 cm³/mol. The molecule has 1 aliphatic carbocycles. The summed E-state index contributed by atoms with van der Waals surface area (Å²) < 4.78 is 5.12. The highest BCUT2D eigenvalue weighted by atomic mass is 32.2. The second-order valence-electron chi connectivity index (χ2n) is 7.72. The smallest absolute Gasteiger partial charge is 0.225 e. The van der Waals surface area contributed by atoms with Gasteiger partial charge >= 0.3 is 0 Å². The van der Waals surface area contributed by atoms with Crippen LogP contribution in [0.5, 0.6) is 5.75 Å². The Balaban J connectivity index is 0.000000146. The number of anilines is 1. The molecule has 2 aromatic heterocycles. The Hall–Kier alpha value is -2.60. The second-order valence-corrected chi connectivity index (χ2v) is 8.60. The molecule has 0 spiro atoms. The van der Waals surface area contributed by atoms with Crippen molar-refractivity contribution in [1.82, 2.24) is 15.0 Å². The molecule has 1 aromatic carbocycles. The van der Waals surface area contributed by atoms with Crippen LogP contribution in [-0.2, 0) is 6.42 Å². The molecule has 0 radical (unpaired) electrons. The van der Waals surface area contributed by atoms with E-state index in [4.69, 9.17) is 4.74 Å². The number of aryl methyl sites for hydroxylation is 1. The fourth-order valence-corrected chi connectivity index (χ4v) is 4.05. The molecule has 6 heteroatoms. The minimum Gasteiger partial charge on any atom is -0.497 e. The summed E-state index contributed by atoms with van der Waals surface area (Å²) in [7, 11) is 1.67. The molecule has 2 fully saturated rings. The quantitative estimate of drug-likeness (QED) is 0.543. The molecule has 156 valence electrons. The minimum absolute atomic E-state index is 0.865. The zero-order valence-corrected chi connectivity index (χ0v) is 18.6. The first-order chi connectivity index (χ1) is 14.7. The molecular weight excluding hydrogens is 392 g/mol. The Morgan fingerprint density at radius 1 is 0.967 bits per heavy atom. The maximum Gasteiger partial charge on any atom is 0.225 e. The van der Waals surface area contributed by atoms with Crippen LogP contribution in [0.25, 0.3) is 11.3 Å². The molecule has 30 heavy (non-hydrogen) atoms. The number of benzene rings is 1. The zero-order chi connectivity index (χ0) is 20.9. The molecule has 2 atom stereocenters. The van der Waals surface area contributed by atoms with Crippen LogP contribution in [0.4, 0.5) is 5.95 Å². The van der Waals surface area contributed by atoms with Crippen molar-refractivity contribution >= 4 is 17.7 Å². The number of pyridine rings is 1. The van der Waals surface area contributed by atoms with Crippen LogP contribution in [0.1, 0.15) is 18.9 Å². The third kappa shape index (κ3) is 4.93. The van der Waals surface area contributed by atoms with Crippen LogP contribution in [0.15, 0.2) is 59.9 Å². The SMILES string of the molecule is CCc1cnc(N2CC3CC3C2)nc1.COc1ccc(-c2ccc(SC)cn2)cc1. The van der Waals surface area contributed by atoms with Crippen molar-refractivity contribution in [2.75, 3.05) is 31.4 Å². The molecule has 2 aliphatic rings. The lowest BCUT2D eigenvalue weighted by molar-refractivity contribution is 0.415. The van der Waals surface area contributed by atoms with E-state index < -0.39 is 0 Å². The minimum atomic E-state index is 0.865. The summed E-state index contributed by atoms with van der Waals surface area (Å²) >= 11 is 1.70. The molecule has 1 saturated carbocycles. The number of aromatic nitrogens is 3. The van der Waals surface area contributed by atoms with E-state index in [1.807, 2.05) is 55.2 Å². The first kappa shape index (κ1) is 20.7. The van der Waals surface area contributed by atoms with Crippen LogP contribution in [0, 0.1) is 11.8 Å². The Labute approximate surface area is 182 Å². The van der Waals surface area contributed by atoms with Crippen molar-refractivity contribution in [2.24, 2.45) is 11.8 Å². The van der Waals surface area contributed by atoms with Crippen molar-refractivity contribution in [3.8, 4) is 17.0 Å². The van der Waals surface area contributed by atoms with Crippen molar-refractivity contribution < 1.29 is 4.74 Å². The standard InChI is InChI=1S/C13H13NOS.C11H15N3/c1-15-11-5-3-10(4-6-11)13-8-7-12(16-2)9-14-13;1-2-8-4-12-11(13-5-8)14-6-9-3-10(9)7-14/h3-9H,1-2H3;4-5,9-10H,2-3,6-7H2,1H3. The number of rotatable bonds is 5. The van der Waals surface area contributed by atoms with Crippen LogP contribution < -0.4 is 9.64 Å². The second kappa shape index (κ2) is 9.47. The summed E-state index contributed by atoms with van der Waals surface area (Å²) in [6, 6.07) is 12.0. The number of fused-ring (bicyclic) bond motifs is 1. The molecule has 0 N–H and O–H groups in total. The maximum atomic E-state index is 5.12. The normalized spacial score (nSPS) is 19.0. The van der Waals surface area contributed by atoms with Crippen LogP contribution in [-0.4, -0.2) is 41.4 Å². The van der Waals surface area contributed by atoms with Gasteiger partial charge in [-0.15, -0.1) is 11.8 Å². The average molecular weight is 421 g/mol. The van der Waals surface area contributed by atoms with Gasteiger partial charge < -0.3 is 9.64 Å². The third-order valence-electron chi connectivity index (χ3n) is 5.72. The van der Waals surface area contributed by atoms with Gasteiger partial charge in [-0.25, -0.2) is 9.97 Å². The highest BCUT2D eigenvalue weighted by molar-refractivity contribution is 7.98. The summed E-state index contributed by atoms with van der Waals surface area (Å²) in [6.07, 6.45) is 10.3. The topological polar surface area (TPSA) is 51.1 Å². The summed E-state index contributed by atoms with van der Waals surface area (Å²) in [6.45, 7) is 4.48. The lowest BCUT2D eigenvalue weighted by atomic mass is 10.1. The number of methoxy groups -OCH3 is 1. The van der Waals surface area contributed by atoms with E-state index in [9.17, 15) is 0 Å². The molecular formula is C24H28N4OS. The van der Waals surface area contributed by atoms with Gasteiger partial charge in [0.1, 0.15) is 5.75 Å². The van der Waals surface area contributed by atoms with Crippen LogP contribution in [0.2, 0.25) is 0 Å². The van der Waals surface area contributed by atoms with E-state index in [0.717, 1.165) is 41.2 Å². The molecule has 3 heterocycles. The number of hydrogen-bond acceptors (Lipinski definition) is 6. The Kier molecular flexibility index (Phi) is 6.53. The van der Waals surface area contributed by atoms with Crippen molar-refractivity contribution in [3.05, 3.63) is 60.6 Å². The van der Waals surface area contributed by atoms with Gasteiger partial charge in [0.2, 0.25) is 5.95 Å². The van der Waals surface area contributed by atoms with Gasteiger partial charge in [-0.3, -0.25) is 4.98 Å². The highest BCUT2D eigenvalue weighted by Crippen LogP contribution is 2.45. The monoisotopic (exact) mass is 420 g/mol. The van der Waals surface area contributed by atoms with Gasteiger partial charge in [-0.2, -0.15) is 0 Å². The summed E-state index contributed by atoms with van der Waals surface area (Å²) in [4.78, 5) is 16.7. The fraction of sp³-hybridized carbons (Fsp3) is 0.375. The molecule has 1 saturated heterocycles. The number of piperidine rings is 1. The van der Waals surface area contributed by atoms with Crippen LogP contribution in [0.3, 0.4) is 0 Å². The summed E-state index contributed by atoms with van der Waals surface area (Å²) in [5, 5.41) is 0. The molecule has 5 nitrogen and oxygen atoms in total. The third-order valence-corrected chi connectivity index (χ3v) is 6.43. The molecule has 0 bridgehead atoms. The average Bonchev–Trinajstić information content (AvgIpc) is 3.44. The van der Waals surface area contributed by atoms with Crippen LogP contribution >= 0.6 is 11.8 Å².